The zero-order valence-electron chi connectivity index (χ0n) is 9.71. The molecule has 0 atom stereocenters. The Bertz CT molecular complexity index is 573. The van der Waals surface area contributed by atoms with Gasteiger partial charge in [0.25, 0.3) is 0 Å². The number of methoxy groups -OCH3 is 1. The molecule has 3 N–H and O–H groups in total. The van der Waals surface area contributed by atoms with Gasteiger partial charge in [0.1, 0.15) is 5.75 Å². The second kappa shape index (κ2) is 5.63. The lowest BCUT2D eigenvalue weighted by molar-refractivity contribution is 0.417. The molecule has 0 aliphatic heterocycles. The normalized spacial score (nSPS) is 10.2. The van der Waals surface area contributed by atoms with E-state index in [1.165, 1.54) is 0 Å². The van der Waals surface area contributed by atoms with E-state index >= 15 is 0 Å². The number of ether oxygens (including phenoxy) is 1. The molecule has 5 heteroatoms. The Balaban J connectivity index is 2.38. The molecule has 0 saturated carbocycles. The lowest BCUT2D eigenvalue weighted by Crippen LogP contribution is -1.98. The zero-order valence-corrected chi connectivity index (χ0v) is 12.9. The molecule has 0 aliphatic carbocycles. The number of benzene rings is 2. The smallest absolute Gasteiger partial charge is 0.142 e. The van der Waals surface area contributed by atoms with Crippen LogP contribution in [0.4, 0.5) is 17.1 Å². The van der Waals surface area contributed by atoms with Crippen LogP contribution in [0.1, 0.15) is 0 Å². The lowest BCUT2D eigenvalue weighted by Gasteiger charge is -2.13. The first-order valence-electron chi connectivity index (χ1n) is 5.26. The van der Waals surface area contributed by atoms with Gasteiger partial charge in [0.05, 0.1) is 24.2 Å². The molecule has 94 valence electrons. The quantitative estimate of drug-likeness (QED) is 0.778. The van der Waals surface area contributed by atoms with Crippen molar-refractivity contribution in [3.05, 3.63) is 45.3 Å². The number of halogens is 2. The van der Waals surface area contributed by atoms with Crippen molar-refractivity contribution in [3.63, 3.8) is 0 Å². The van der Waals surface area contributed by atoms with Crippen LogP contribution in [0.15, 0.2) is 45.3 Å². The van der Waals surface area contributed by atoms with E-state index in [0.29, 0.717) is 5.69 Å². The van der Waals surface area contributed by atoms with E-state index < -0.39 is 0 Å². The molecule has 0 bridgehead atoms. The fraction of sp³-hybridized carbons (Fsp3) is 0.0769. The molecule has 0 radical (unpaired) electrons. The Labute approximate surface area is 123 Å². The molecule has 2 aromatic carbocycles. The number of nitrogen functional groups attached to an aromatic ring is 1. The highest BCUT2D eigenvalue weighted by atomic mass is 79.9. The average molecular weight is 372 g/mol. The minimum absolute atomic E-state index is 0.681. The van der Waals surface area contributed by atoms with Gasteiger partial charge >= 0.3 is 0 Å². The van der Waals surface area contributed by atoms with Gasteiger partial charge in [-0.15, -0.1) is 0 Å². The molecule has 18 heavy (non-hydrogen) atoms. The summed E-state index contributed by atoms with van der Waals surface area (Å²) < 4.78 is 7.24. The number of anilines is 3. The van der Waals surface area contributed by atoms with E-state index in [1.807, 2.05) is 36.4 Å². The van der Waals surface area contributed by atoms with E-state index in [2.05, 4.69) is 37.2 Å². The van der Waals surface area contributed by atoms with Crippen LogP contribution < -0.4 is 15.8 Å². The molecule has 0 amide bonds. The highest BCUT2D eigenvalue weighted by molar-refractivity contribution is 9.10. The SMILES string of the molecule is COc1ccc(Br)cc1Nc1cc(Br)ccc1N. The molecule has 0 unspecified atom stereocenters. The Morgan fingerprint density at radius 1 is 1.00 bits per heavy atom. The topological polar surface area (TPSA) is 47.3 Å². The summed E-state index contributed by atoms with van der Waals surface area (Å²) in [6, 6.07) is 11.4. The maximum atomic E-state index is 5.93. The predicted molar refractivity (Wildman–Crippen MR) is 82.5 cm³/mol. The molecular formula is C13H12Br2N2O. The zero-order chi connectivity index (χ0) is 13.1. The fourth-order valence-corrected chi connectivity index (χ4v) is 2.28. The third-order valence-electron chi connectivity index (χ3n) is 2.45. The first kappa shape index (κ1) is 13.2. The van der Waals surface area contributed by atoms with Gasteiger partial charge in [0.15, 0.2) is 0 Å². The molecule has 2 aromatic rings. The van der Waals surface area contributed by atoms with Gasteiger partial charge in [-0.2, -0.15) is 0 Å². The van der Waals surface area contributed by atoms with Crippen molar-refractivity contribution in [1.29, 1.82) is 0 Å². The maximum Gasteiger partial charge on any atom is 0.142 e. The van der Waals surface area contributed by atoms with Gasteiger partial charge in [0, 0.05) is 8.95 Å². The predicted octanol–water partition coefficient (Wildman–Crippen LogP) is 4.55. The van der Waals surface area contributed by atoms with Crippen molar-refractivity contribution in [3.8, 4) is 5.75 Å². The number of nitrogens with one attached hydrogen (secondary N) is 1. The second-order valence-corrected chi connectivity index (χ2v) is 5.53. The fourth-order valence-electron chi connectivity index (χ4n) is 1.56. The summed E-state index contributed by atoms with van der Waals surface area (Å²) in [5.74, 6) is 0.762. The van der Waals surface area contributed by atoms with Crippen molar-refractivity contribution in [2.24, 2.45) is 0 Å². The summed E-state index contributed by atoms with van der Waals surface area (Å²) in [5, 5.41) is 3.26. The van der Waals surface area contributed by atoms with E-state index in [4.69, 9.17) is 10.5 Å². The molecule has 3 nitrogen and oxygen atoms in total. The van der Waals surface area contributed by atoms with Crippen LogP contribution >= 0.6 is 31.9 Å². The van der Waals surface area contributed by atoms with E-state index in [1.54, 1.807) is 7.11 Å². The lowest BCUT2D eigenvalue weighted by atomic mass is 10.2. The third kappa shape index (κ3) is 2.97. The van der Waals surface area contributed by atoms with Crippen molar-refractivity contribution < 1.29 is 4.74 Å². The van der Waals surface area contributed by atoms with Crippen molar-refractivity contribution in [1.82, 2.24) is 0 Å². The van der Waals surface area contributed by atoms with E-state index in [-0.39, 0.29) is 0 Å². The van der Waals surface area contributed by atoms with Crippen LogP contribution in [-0.4, -0.2) is 7.11 Å². The highest BCUT2D eigenvalue weighted by Crippen LogP contribution is 2.33. The third-order valence-corrected chi connectivity index (χ3v) is 3.43. The van der Waals surface area contributed by atoms with Gasteiger partial charge < -0.3 is 15.8 Å². The van der Waals surface area contributed by atoms with E-state index in [0.717, 1.165) is 26.1 Å². The second-order valence-electron chi connectivity index (χ2n) is 3.70. The molecule has 0 aromatic heterocycles. The van der Waals surface area contributed by atoms with Crippen molar-refractivity contribution >= 4 is 48.9 Å². The molecule has 0 heterocycles. The Morgan fingerprint density at radius 3 is 2.28 bits per heavy atom. The van der Waals surface area contributed by atoms with Crippen LogP contribution in [0.2, 0.25) is 0 Å². The summed E-state index contributed by atoms with van der Waals surface area (Å²) in [5.41, 5.74) is 8.30. The van der Waals surface area contributed by atoms with Gasteiger partial charge in [-0.05, 0) is 36.4 Å². The number of hydrogen-bond acceptors (Lipinski definition) is 3. The summed E-state index contributed by atoms with van der Waals surface area (Å²) >= 11 is 6.86. The maximum absolute atomic E-state index is 5.93. The molecule has 0 saturated heterocycles. The minimum Gasteiger partial charge on any atom is -0.495 e. The molecule has 0 spiro atoms. The summed E-state index contributed by atoms with van der Waals surface area (Å²) in [4.78, 5) is 0. The monoisotopic (exact) mass is 370 g/mol. The summed E-state index contributed by atoms with van der Waals surface area (Å²) in [6.45, 7) is 0. The van der Waals surface area contributed by atoms with Gasteiger partial charge in [0.2, 0.25) is 0 Å². The van der Waals surface area contributed by atoms with Gasteiger partial charge in [-0.1, -0.05) is 31.9 Å². The molecule has 2 rings (SSSR count). The Kier molecular flexibility index (Phi) is 4.14. The molecule has 0 fully saturated rings. The van der Waals surface area contributed by atoms with E-state index in [9.17, 15) is 0 Å². The molecule has 0 aliphatic rings. The van der Waals surface area contributed by atoms with Crippen LogP contribution in [0.5, 0.6) is 5.75 Å². The van der Waals surface area contributed by atoms with Crippen LogP contribution in [0.3, 0.4) is 0 Å². The van der Waals surface area contributed by atoms with Crippen molar-refractivity contribution in [2.75, 3.05) is 18.2 Å². The number of nitrogens with two attached hydrogens (primary N) is 1. The number of rotatable bonds is 3. The van der Waals surface area contributed by atoms with Crippen molar-refractivity contribution in [2.45, 2.75) is 0 Å². The Morgan fingerprint density at radius 2 is 1.61 bits per heavy atom. The largest absolute Gasteiger partial charge is 0.495 e. The standard InChI is InChI=1S/C13H12Br2N2O/c1-18-13-5-3-9(15)7-12(13)17-11-6-8(14)2-4-10(11)16/h2-7,17H,16H2,1H3. The van der Waals surface area contributed by atoms with Crippen LogP contribution in [-0.2, 0) is 0 Å². The first-order valence-corrected chi connectivity index (χ1v) is 6.84. The van der Waals surface area contributed by atoms with Gasteiger partial charge in [-0.25, -0.2) is 0 Å². The summed E-state index contributed by atoms with van der Waals surface area (Å²) in [7, 11) is 1.64. The first-order chi connectivity index (χ1) is 8.60. The minimum atomic E-state index is 0.681. The van der Waals surface area contributed by atoms with Crippen LogP contribution in [0, 0.1) is 0 Å². The van der Waals surface area contributed by atoms with Gasteiger partial charge in [-0.3, -0.25) is 0 Å². The average Bonchev–Trinajstić information content (AvgIpc) is 2.34. The highest BCUT2D eigenvalue weighted by Gasteiger charge is 2.06. The molecular weight excluding hydrogens is 360 g/mol. The number of hydrogen-bond donors (Lipinski definition) is 2. The summed E-state index contributed by atoms with van der Waals surface area (Å²) in [6.07, 6.45) is 0. The van der Waals surface area contributed by atoms with Crippen LogP contribution in [0.25, 0.3) is 0 Å². The Hall–Kier alpha value is -1.20.